The number of hydrogen-bond donors (Lipinski definition) is 1. The molecule has 7 heteroatoms. The number of carbonyl (C=O) groups excluding carboxylic acids is 1. The maximum atomic E-state index is 12.5. The van der Waals surface area contributed by atoms with Crippen LogP contribution in [0.1, 0.15) is 5.56 Å². The van der Waals surface area contributed by atoms with E-state index < -0.39 is 0 Å². The lowest BCUT2D eigenvalue weighted by atomic mass is 10.1. The second-order valence-corrected chi connectivity index (χ2v) is 8.59. The first-order chi connectivity index (χ1) is 16.2. The molecule has 2 heterocycles. The first-order valence-corrected chi connectivity index (χ1v) is 11.6. The number of nitrogens with one attached hydrogen (secondary N) is 1. The van der Waals surface area contributed by atoms with Gasteiger partial charge in [0.1, 0.15) is 18.2 Å². The molecule has 0 spiro atoms. The van der Waals surface area contributed by atoms with Crippen LogP contribution in [0, 0.1) is 0 Å². The van der Waals surface area contributed by atoms with Gasteiger partial charge in [0.05, 0.1) is 10.7 Å². The Morgan fingerprint density at radius 3 is 2.73 bits per heavy atom. The van der Waals surface area contributed by atoms with Crippen molar-refractivity contribution in [3.8, 4) is 33.3 Å². The third-order valence-corrected chi connectivity index (χ3v) is 6.23. The Kier molecular flexibility index (Phi) is 6.11. The normalized spacial score (nSPS) is 12.6. The Balaban J connectivity index is 1.28. The molecule has 1 aliphatic heterocycles. The Bertz CT molecular complexity index is 1350. The van der Waals surface area contributed by atoms with E-state index in [4.69, 9.17) is 26.1 Å². The fourth-order valence-electron chi connectivity index (χ4n) is 3.44. The van der Waals surface area contributed by atoms with Crippen molar-refractivity contribution < 1.29 is 14.3 Å². The first kappa shape index (κ1) is 21.2. The maximum absolute atomic E-state index is 12.5. The van der Waals surface area contributed by atoms with Crippen molar-refractivity contribution in [2.75, 3.05) is 18.5 Å². The summed E-state index contributed by atoms with van der Waals surface area (Å²) in [5.41, 5.74) is 4.20. The predicted octanol–water partition coefficient (Wildman–Crippen LogP) is 6.55. The van der Waals surface area contributed by atoms with Crippen molar-refractivity contribution in [1.82, 2.24) is 4.98 Å². The third kappa shape index (κ3) is 4.92. The number of anilines is 1. The Hall–Kier alpha value is -3.61. The molecule has 33 heavy (non-hydrogen) atoms. The van der Waals surface area contributed by atoms with Crippen LogP contribution in [-0.2, 0) is 4.79 Å². The van der Waals surface area contributed by atoms with Crippen LogP contribution in [0.25, 0.3) is 27.9 Å². The Morgan fingerprint density at radius 2 is 1.85 bits per heavy atom. The van der Waals surface area contributed by atoms with Gasteiger partial charge >= 0.3 is 0 Å². The summed E-state index contributed by atoms with van der Waals surface area (Å²) >= 11 is 7.84. The monoisotopic (exact) mass is 474 g/mol. The number of thiazole rings is 1. The summed E-state index contributed by atoms with van der Waals surface area (Å²) < 4.78 is 11.1. The molecule has 0 atom stereocenters. The van der Waals surface area contributed by atoms with Crippen LogP contribution in [0.5, 0.6) is 11.5 Å². The molecule has 1 N–H and O–H groups in total. The van der Waals surface area contributed by atoms with Crippen LogP contribution in [0.4, 0.5) is 5.69 Å². The number of halogens is 1. The van der Waals surface area contributed by atoms with Gasteiger partial charge in [-0.05, 0) is 42.0 Å². The smallest absolute Gasteiger partial charge is 0.248 e. The van der Waals surface area contributed by atoms with Crippen LogP contribution < -0.4 is 14.8 Å². The van der Waals surface area contributed by atoms with Crippen LogP contribution in [0.15, 0.2) is 78.2 Å². The molecular weight excluding hydrogens is 456 g/mol. The van der Waals surface area contributed by atoms with Crippen molar-refractivity contribution in [2.24, 2.45) is 0 Å². The van der Waals surface area contributed by atoms with E-state index >= 15 is 0 Å². The van der Waals surface area contributed by atoms with E-state index in [-0.39, 0.29) is 5.91 Å². The van der Waals surface area contributed by atoms with Crippen LogP contribution in [-0.4, -0.2) is 24.1 Å². The highest BCUT2D eigenvalue weighted by molar-refractivity contribution is 7.13. The minimum Gasteiger partial charge on any atom is -0.486 e. The largest absolute Gasteiger partial charge is 0.486 e. The number of fused-ring (bicyclic) bond motifs is 1. The zero-order chi connectivity index (χ0) is 22.6. The molecule has 0 bridgehead atoms. The molecule has 0 radical (unpaired) electrons. The van der Waals surface area contributed by atoms with Gasteiger partial charge in [-0.25, -0.2) is 4.98 Å². The Labute approximate surface area is 200 Å². The van der Waals surface area contributed by atoms with Crippen molar-refractivity contribution >= 4 is 40.6 Å². The minimum absolute atomic E-state index is 0.225. The van der Waals surface area contributed by atoms with E-state index in [1.165, 1.54) is 17.4 Å². The SMILES string of the molecule is O=C(/C=C\c1ccc2c(c1)OCCO2)Nc1cccc(-c2csc(-c3ccccc3Cl)n2)c1. The highest BCUT2D eigenvalue weighted by Crippen LogP contribution is 2.34. The molecule has 1 aliphatic rings. The molecule has 0 fully saturated rings. The van der Waals surface area contributed by atoms with Gasteiger partial charge < -0.3 is 14.8 Å². The van der Waals surface area contributed by atoms with E-state index in [1.54, 1.807) is 6.08 Å². The molecule has 0 aliphatic carbocycles. The number of ether oxygens (including phenoxy) is 2. The van der Waals surface area contributed by atoms with E-state index in [9.17, 15) is 4.79 Å². The topological polar surface area (TPSA) is 60.5 Å². The van der Waals surface area contributed by atoms with Crippen molar-refractivity contribution in [3.05, 3.63) is 88.8 Å². The van der Waals surface area contributed by atoms with Gasteiger partial charge in [0.15, 0.2) is 11.5 Å². The van der Waals surface area contributed by atoms with Gasteiger partial charge in [0.2, 0.25) is 5.91 Å². The summed E-state index contributed by atoms with van der Waals surface area (Å²) in [7, 11) is 0. The molecule has 3 aromatic carbocycles. The molecule has 164 valence electrons. The summed E-state index contributed by atoms with van der Waals surface area (Å²) in [6.07, 6.45) is 3.24. The van der Waals surface area contributed by atoms with E-state index in [2.05, 4.69) is 5.32 Å². The number of rotatable bonds is 5. The molecule has 1 aromatic heterocycles. The third-order valence-electron chi connectivity index (χ3n) is 5.03. The van der Waals surface area contributed by atoms with Crippen molar-refractivity contribution in [3.63, 3.8) is 0 Å². The minimum atomic E-state index is -0.225. The van der Waals surface area contributed by atoms with Gasteiger partial charge in [-0.2, -0.15) is 0 Å². The summed E-state index contributed by atoms with van der Waals surface area (Å²) in [5.74, 6) is 1.19. The number of benzene rings is 3. The fourth-order valence-corrected chi connectivity index (χ4v) is 4.59. The number of aromatic nitrogens is 1. The van der Waals surface area contributed by atoms with Gasteiger partial charge in [-0.1, -0.05) is 48.0 Å². The van der Waals surface area contributed by atoms with Crippen molar-refractivity contribution in [1.29, 1.82) is 0 Å². The van der Waals surface area contributed by atoms with Crippen LogP contribution in [0.2, 0.25) is 5.02 Å². The lowest BCUT2D eigenvalue weighted by Gasteiger charge is -2.18. The molecule has 0 saturated carbocycles. The first-order valence-electron chi connectivity index (χ1n) is 10.4. The highest BCUT2D eigenvalue weighted by Gasteiger charge is 2.12. The lowest BCUT2D eigenvalue weighted by molar-refractivity contribution is -0.111. The molecular formula is C26H19ClN2O3S. The number of carbonyl (C=O) groups is 1. The second kappa shape index (κ2) is 9.48. The number of nitrogens with zero attached hydrogens (tertiary/aromatic N) is 1. The predicted molar refractivity (Wildman–Crippen MR) is 133 cm³/mol. The van der Waals surface area contributed by atoms with Gasteiger partial charge in [-0.15, -0.1) is 11.3 Å². The van der Waals surface area contributed by atoms with Crippen LogP contribution in [0.3, 0.4) is 0 Å². The summed E-state index contributed by atoms with van der Waals surface area (Å²) in [6, 6.07) is 20.8. The van der Waals surface area contributed by atoms with Gasteiger partial charge in [0.25, 0.3) is 0 Å². The quantitative estimate of drug-likeness (QED) is 0.333. The molecule has 4 aromatic rings. The molecule has 5 rings (SSSR count). The van der Waals surface area contributed by atoms with Gasteiger partial charge in [-0.3, -0.25) is 4.79 Å². The van der Waals surface area contributed by atoms with Gasteiger partial charge in [0, 0.05) is 28.3 Å². The fraction of sp³-hybridized carbons (Fsp3) is 0.0769. The molecule has 0 unspecified atom stereocenters. The number of amides is 1. The molecule has 1 amide bonds. The molecule has 0 saturated heterocycles. The standard InChI is InChI=1S/C26H19ClN2O3S/c27-21-7-2-1-6-20(21)26-29-22(16-33-26)18-4-3-5-19(15-18)28-25(30)11-9-17-8-10-23-24(14-17)32-13-12-31-23/h1-11,14-16H,12-13H2,(H,28,30)/b11-9-. The van der Waals surface area contributed by atoms with E-state index in [0.717, 1.165) is 33.1 Å². The summed E-state index contributed by atoms with van der Waals surface area (Å²) in [4.78, 5) is 17.2. The average molecular weight is 475 g/mol. The maximum Gasteiger partial charge on any atom is 0.248 e. The molecule has 5 nitrogen and oxygen atoms in total. The van der Waals surface area contributed by atoms with Crippen LogP contribution >= 0.6 is 22.9 Å². The lowest BCUT2D eigenvalue weighted by Crippen LogP contribution is -2.15. The van der Waals surface area contributed by atoms with E-state index in [0.29, 0.717) is 29.7 Å². The highest BCUT2D eigenvalue weighted by atomic mass is 35.5. The Morgan fingerprint density at radius 1 is 1.00 bits per heavy atom. The average Bonchev–Trinajstić information content (AvgIpc) is 3.33. The van der Waals surface area contributed by atoms with E-state index in [1.807, 2.05) is 72.1 Å². The van der Waals surface area contributed by atoms with Crippen molar-refractivity contribution in [2.45, 2.75) is 0 Å². The second-order valence-electron chi connectivity index (χ2n) is 7.32. The number of hydrogen-bond acceptors (Lipinski definition) is 5. The summed E-state index contributed by atoms with van der Waals surface area (Å²) in [5, 5.41) is 6.42. The zero-order valence-corrected chi connectivity index (χ0v) is 19.0. The summed E-state index contributed by atoms with van der Waals surface area (Å²) in [6.45, 7) is 1.07. The zero-order valence-electron chi connectivity index (χ0n) is 17.5.